The number of methoxy groups -OCH3 is 1. The number of esters is 1. The van der Waals surface area contributed by atoms with E-state index in [1.165, 1.54) is 12.7 Å². The van der Waals surface area contributed by atoms with Gasteiger partial charge in [0.05, 0.1) is 24.5 Å². The number of hydrogen-bond acceptors (Lipinski definition) is 5. The SMILES string of the molecule is COC(=O)c1ccn2c(C3(c4ccc5ncccc5c4)CC3)cnc2n1. The van der Waals surface area contributed by atoms with Crippen molar-refractivity contribution in [1.29, 1.82) is 0 Å². The van der Waals surface area contributed by atoms with Gasteiger partial charge in [0.15, 0.2) is 5.69 Å². The molecule has 3 aromatic heterocycles. The molecule has 0 aliphatic heterocycles. The molecule has 1 fully saturated rings. The third-order valence-electron chi connectivity index (χ3n) is 5.17. The molecule has 0 bridgehead atoms. The van der Waals surface area contributed by atoms with Crippen molar-refractivity contribution >= 4 is 22.6 Å². The van der Waals surface area contributed by atoms with Crippen molar-refractivity contribution in [2.45, 2.75) is 18.3 Å². The van der Waals surface area contributed by atoms with Gasteiger partial charge in [0, 0.05) is 23.2 Å². The van der Waals surface area contributed by atoms with Crippen LogP contribution in [0.1, 0.15) is 34.6 Å². The minimum Gasteiger partial charge on any atom is -0.464 e. The van der Waals surface area contributed by atoms with Gasteiger partial charge in [0.2, 0.25) is 5.78 Å². The summed E-state index contributed by atoms with van der Waals surface area (Å²) in [5.74, 6) is 0.0526. The third-order valence-corrected chi connectivity index (χ3v) is 5.17. The zero-order valence-electron chi connectivity index (χ0n) is 14.2. The van der Waals surface area contributed by atoms with E-state index in [-0.39, 0.29) is 11.1 Å². The van der Waals surface area contributed by atoms with Crippen LogP contribution in [0.25, 0.3) is 16.7 Å². The van der Waals surface area contributed by atoms with Gasteiger partial charge in [-0.05, 0) is 42.7 Å². The van der Waals surface area contributed by atoms with Crippen LogP contribution in [0.4, 0.5) is 0 Å². The van der Waals surface area contributed by atoms with E-state index in [0.29, 0.717) is 5.78 Å². The van der Waals surface area contributed by atoms with E-state index >= 15 is 0 Å². The summed E-state index contributed by atoms with van der Waals surface area (Å²) >= 11 is 0. The summed E-state index contributed by atoms with van der Waals surface area (Å²) in [6.45, 7) is 0. The first-order valence-electron chi connectivity index (χ1n) is 8.49. The van der Waals surface area contributed by atoms with E-state index in [2.05, 4.69) is 39.2 Å². The van der Waals surface area contributed by atoms with Gasteiger partial charge in [-0.15, -0.1) is 0 Å². The van der Waals surface area contributed by atoms with Crippen molar-refractivity contribution in [2.24, 2.45) is 0 Å². The minimum absolute atomic E-state index is 0.0576. The fourth-order valence-corrected chi connectivity index (χ4v) is 3.63. The molecule has 1 aliphatic carbocycles. The van der Waals surface area contributed by atoms with Gasteiger partial charge in [-0.2, -0.15) is 0 Å². The summed E-state index contributed by atoms with van der Waals surface area (Å²) in [6.07, 6.45) is 7.64. The lowest BCUT2D eigenvalue weighted by atomic mass is 9.91. The number of carbonyl (C=O) groups is 1. The molecule has 0 N–H and O–H groups in total. The summed E-state index contributed by atoms with van der Waals surface area (Å²) in [7, 11) is 1.35. The van der Waals surface area contributed by atoms with Gasteiger partial charge < -0.3 is 4.74 Å². The molecule has 0 radical (unpaired) electrons. The molecule has 4 aromatic rings. The van der Waals surface area contributed by atoms with Crippen LogP contribution < -0.4 is 0 Å². The maximum Gasteiger partial charge on any atom is 0.356 e. The van der Waals surface area contributed by atoms with Gasteiger partial charge >= 0.3 is 5.97 Å². The van der Waals surface area contributed by atoms with E-state index in [0.717, 1.165) is 29.4 Å². The highest BCUT2D eigenvalue weighted by atomic mass is 16.5. The van der Waals surface area contributed by atoms with Gasteiger partial charge in [-0.25, -0.2) is 14.8 Å². The molecule has 26 heavy (non-hydrogen) atoms. The van der Waals surface area contributed by atoms with Gasteiger partial charge in [-0.1, -0.05) is 12.1 Å². The number of ether oxygens (including phenoxy) is 1. The lowest BCUT2D eigenvalue weighted by Gasteiger charge is -2.16. The Morgan fingerprint density at radius 2 is 2.08 bits per heavy atom. The number of nitrogens with zero attached hydrogens (tertiary/aromatic N) is 4. The number of hydrogen-bond donors (Lipinski definition) is 0. The second-order valence-corrected chi connectivity index (χ2v) is 6.61. The highest BCUT2D eigenvalue weighted by Gasteiger charge is 2.48. The first-order chi connectivity index (χ1) is 12.7. The molecular formula is C20H16N4O2. The van der Waals surface area contributed by atoms with E-state index in [4.69, 9.17) is 4.74 Å². The fraction of sp³-hybridized carbons (Fsp3) is 0.200. The smallest absolute Gasteiger partial charge is 0.356 e. The topological polar surface area (TPSA) is 69.4 Å². The Morgan fingerprint density at radius 1 is 1.19 bits per heavy atom. The van der Waals surface area contributed by atoms with Crippen molar-refractivity contribution in [2.75, 3.05) is 7.11 Å². The molecule has 1 aromatic carbocycles. The number of benzene rings is 1. The van der Waals surface area contributed by atoms with Gasteiger partial charge in [0.25, 0.3) is 0 Å². The summed E-state index contributed by atoms with van der Waals surface area (Å²) in [5, 5.41) is 1.14. The molecule has 0 saturated heterocycles. The van der Waals surface area contributed by atoms with E-state index in [9.17, 15) is 4.79 Å². The summed E-state index contributed by atoms with van der Waals surface area (Å²) in [6, 6.07) is 12.1. The highest BCUT2D eigenvalue weighted by molar-refractivity contribution is 5.87. The van der Waals surface area contributed by atoms with E-state index < -0.39 is 5.97 Å². The molecule has 6 heteroatoms. The summed E-state index contributed by atoms with van der Waals surface area (Å²) in [4.78, 5) is 24.8. The maximum atomic E-state index is 11.7. The molecule has 128 valence electrons. The van der Waals surface area contributed by atoms with Crippen LogP contribution in [0.15, 0.2) is 55.0 Å². The van der Waals surface area contributed by atoms with Gasteiger partial charge in [0.1, 0.15) is 0 Å². The zero-order chi connectivity index (χ0) is 17.7. The average Bonchev–Trinajstić information content (AvgIpc) is 3.39. The van der Waals surface area contributed by atoms with Crippen LogP contribution >= 0.6 is 0 Å². The van der Waals surface area contributed by atoms with Crippen LogP contribution in [0, 0.1) is 0 Å². The first-order valence-corrected chi connectivity index (χ1v) is 8.49. The van der Waals surface area contributed by atoms with E-state index in [1.54, 1.807) is 6.07 Å². The Bertz CT molecular complexity index is 1160. The van der Waals surface area contributed by atoms with E-state index in [1.807, 2.05) is 29.1 Å². The van der Waals surface area contributed by atoms with Crippen LogP contribution in [0.2, 0.25) is 0 Å². The third kappa shape index (κ3) is 2.12. The number of rotatable bonds is 3. The number of carbonyl (C=O) groups excluding carboxylic acids is 1. The summed E-state index contributed by atoms with van der Waals surface area (Å²) in [5.41, 5.74) is 3.56. The molecule has 0 atom stereocenters. The predicted molar refractivity (Wildman–Crippen MR) is 96.1 cm³/mol. The number of imidazole rings is 1. The van der Waals surface area contributed by atoms with Crippen LogP contribution in [0.5, 0.6) is 0 Å². The van der Waals surface area contributed by atoms with Crippen LogP contribution in [0.3, 0.4) is 0 Å². The molecule has 3 heterocycles. The van der Waals surface area contributed by atoms with Crippen molar-refractivity contribution < 1.29 is 9.53 Å². The van der Waals surface area contributed by atoms with Gasteiger partial charge in [-0.3, -0.25) is 9.38 Å². The van der Waals surface area contributed by atoms with Crippen molar-refractivity contribution in [1.82, 2.24) is 19.4 Å². The van der Waals surface area contributed by atoms with Crippen molar-refractivity contribution in [3.05, 3.63) is 71.9 Å². The molecule has 0 amide bonds. The molecule has 6 nitrogen and oxygen atoms in total. The second-order valence-electron chi connectivity index (χ2n) is 6.61. The highest BCUT2D eigenvalue weighted by Crippen LogP contribution is 2.53. The lowest BCUT2D eigenvalue weighted by molar-refractivity contribution is 0.0594. The Hall–Kier alpha value is -3.28. The van der Waals surface area contributed by atoms with Crippen LogP contribution in [-0.4, -0.2) is 32.4 Å². The number of pyridine rings is 1. The average molecular weight is 344 g/mol. The lowest BCUT2D eigenvalue weighted by Crippen LogP contribution is -2.13. The van der Waals surface area contributed by atoms with Crippen molar-refractivity contribution in [3.8, 4) is 0 Å². The molecule has 1 saturated carbocycles. The zero-order valence-corrected chi connectivity index (χ0v) is 14.2. The summed E-state index contributed by atoms with van der Waals surface area (Å²) < 4.78 is 6.70. The Balaban J connectivity index is 1.63. The molecule has 5 rings (SSSR count). The quantitative estimate of drug-likeness (QED) is 0.534. The Labute approximate surface area is 149 Å². The molecule has 0 unspecified atom stereocenters. The Morgan fingerprint density at radius 3 is 2.88 bits per heavy atom. The minimum atomic E-state index is -0.458. The van der Waals surface area contributed by atoms with Crippen LogP contribution in [-0.2, 0) is 10.2 Å². The maximum absolute atomic E-state index is 11.7. The number of aromatic nitrogens is 4. The predicted octanol–water partition coefficient (Wildman–Crippen LogP) is 3.14. The largest absolute Gasteiger partial charge is 0.464 e. The second kappa shape index (κ2) is 5.36. The first kappa shape index (κ1) is 15.0. The molecule has 1 aliphatic rings. The normalized spacial score (nSPS) is 15.3. The molecule has 0 spiro atoms. The number of fused-ring (bicyclic) bond motifs is 2. The monoisotopic (exact) mass is 344 g/mol. The molecular weight excluding hydrogens is 328 g/mol. The fourth-order valence-electron chi connectivity index (χ4n) is 3.63. The standard InChI is InChI=1S/C20H16N4O2/c1-26-18(25)16-6-10-24-17(12-22-19(24)23-16)20(7-8-20)14-4-5-15-13(11-14)3-2-9-21-15/h2-6,9-12H,7-8H2,1H3. The Kier molecular flexibility index (Phi) is 3.09. The van der Waals surface area contributed by atoms with Crippen molar-refractivity contribution in [3.63, 3.8) is 0 Å².